The second kappa shape index (κ2) is 9.00. The van der Waals surface area contributed by atoms with Crippen molar-refractivity contribution in [1.29, 1.82) is 0 Å². The Hall–Kier alpha value is -3.12. The molecule has 2 aromatic carbocycles. The number of rotatable bonds is 8. The summed E-state index contributed by atoms with van der Waals surface area (Å²) in [6.07, 6.45) is -0.304. The summed E-state index contributed by atoms with van der Waals surface area (Å²) >= 11 is 1.30. The second-order valence-corrected chi connectivity index (χ2v) is 6.87. The molecule has 6 heteroatoms. The van der Waals surface area contributed by atoms with Crippen molar-refractivity contribution in [2.24, 2.45) is 0 Å². The molecule has 0 unspecified atom stereocenters. The van der Waals surface area contributed by atoms with Crippen LogP contribution < -0.4 is 15.2 Å². The van der Waals surface area contributed by atoms with E-state index in [9.17, 15) is 14.7 Å². The van der Waals surface area contributed by atoms with Gasteiger partial charge >= 0.3 is 0 Å². The number of nitrogens with one attached hydrogen (secondary N) is 1. The van der Waals surface area contributed by atoms with Crippen molar-refractivity contribution in [2.75, 3.05) is 0 Å². The van der Waals surface area contributed by atoms with Crippen molar-refractivity contribution < 1.29 is 19.4 Å². The molecule has 1 aromatic heterocycles. The number of thiophene rings is 1. The highest BCUT2D eigenvalue weighted by Gasteiger charge is 2.17. The molecule has 1 heterocycles. The number of hydrogen-bond acceptors (Lipinski definition) is 5. The number of carboxylic acid groups (broad SMARTS) is 1. The fraction of sp³-hybridized carbons (Fsp3) is 0.143. The number of aliphatic carboxylic acids is 1. The van der Waals surface area contributed by atoms with Crippen LogP contribution in [0.5, 0.6) is 5.75 Å². The predicted molar refractivity (Wildman–Crippen MR) is 101 cm³/mol. The van der Waals surface area contributed by atoms with Gasteiger partial charge in [-0.25, -0.2) is 0 Å². The second-order valence-electron chi connectivity index (χ2n) is 5.92. The standard InChI is InChI=1S/C21H19NO4S/c23-20(24)13-18(22-21(25)19-7-4-12-27-19)16-8-10-17(11-9-16)26-14-15-5-2-1-3-6-15/h1-12,18H,13-14H2,(H,22,25)(H,23,24)/p-1/t18-/m1/s1. The van der Waals surface area contributed by atoms with Crippen LogP contribution in [0.3, 0.4) is 0 Å². The van der Waals surface area contributed by atoms with Crippen molar-refractivity contribution in [2.45, 2.75) is 19.1 Å². The minimum absolute atomic E-state index is 0.304. The molecule has 0 saturated carbocycles. The van der Waals surface area contributed by atoms with E-state index in [1.165, 1.54) is 11.3 Å². The third-order valence-corrected chi connectivity index (χ3v) is 4.82. The van der Waals surface area contributed by atoms with Crippen molar-refractivity contribution in [3.63, 3.8) is 0 Å². The maximum absolute atomic E-state index is 12.3. The summed E-state index contributed by atoms with van der Waals surface area (Å²) in [7, 11) is 0. The van der Waals surface area contributed by atoms with Crippen molar-refractivity contribution in [1.82, 2.24) is 5.32 Å². The van der Waals surface area contributed by atoms with Crippen molar-refractivity contribution >= 4 is 23.2 Å². The zero-order valence-corrected chi connectivity index (χ0v) is 15.3. The highest BCUT2D eigenvalue weighted by atomic mass is 32.1. The lowest BCUT2D eigenvalue weighted by atomic mass is 10.0. The van der Waals surface area contributed by atoms with Gasteiger partial charge in [0.05, 0.1) is 10.9 Å². The number of amides is 1. The highest BCUT2D eigenvalue weighted by molar-refractivity contribution is 7.12. The first kappa shape index (κ1) is 18.7. The predicted octanol–water partition coefficient (Wildman–Crippen LogP) is 2.94. The van der Waals surface area contributed by atoms with Crippen LogP contribution in [0.4, 0.5) is 0 Å². The van der Waals surface area contributed by atoms with Gasteiger partial charge in [-0.3, -0.25) is 4.79 Å². The van der Waals surface area contributed by atoms with Crippen LogP contribution in [0.1, 0.15) is 33.3 Å². The molecule has 0 bridgehead atoms. The zero-order chi connectivity index (χ0) is 19.1. The van der Waals surface area contributed by atoms with Crippen molar-refractivity contribution in [3.8, 4) is 5.75 Å². The first-order chi connectivity index (χ1) is 13.1. The molecule has 27 heavy (non-hydrogen) atoms. The molecule has 3 rings (SSSR count). The number of carboxylic acids is 1. The molecule has 5 nitrogen and oxygen atoms in total. The number of carbonyl (C=O) groups excluding carboxylic acids is 2. The fourth-order valence-corrected chi connectivity index (χ4v) is 3.22. The Kier molecular flexibility index (Phi) is 6.22. The fourth-order valence-electron chi connectivity index (χ4n) is 2.59. The summed E-state index contributed by atoms with van der Waals surface area (Å²) in [5.74, 6) is -0.865. The van der Waals surface area contributed by atoms with Crippen LogP contribution in [0.15, 0.2) is 72.1 Å². The van der Waals surface area contributed by atoms with E-state index < -0.39 is 12.0 Å². The molecule has 0 fully saturated rings. The Balaban J connectivity index is 1.67. The molecular formula is C21H18NO4S-. The SMILES string of the molecule is O=C([O-])C[C@@H](NC(=O)c1cccs1)c1ccc(OCc2ccccc2)cc1. The van der Waals surface area contributed by atoms with Gasteiger partial charge in [0.2, 0.25) is 0 Å². The lowest BCUT2D eigenvalue weighted by Gasteiger charge is -2.20. The molecule has 3 aromatic rings. The third kappa shape index (κ3) is 5.43. The number of carbonyl (C=O) groups is 2. The minimum Gasteiger partial charge on any atom is -0.550 e. The molecule has 1 amide bonds. The Labute approximate surface area is 161 Å². The molecular weight excluding hydrogens is 362 g/mol. The van der Waals surface area contributed by atoms with Gasteiger partial charge in [-0.2, -0.15) is 0 Å². The van der Waals surface area contributed by atoms with Gasteiger partial charge in [0.15, 0.2) is 0 Å². The Morgan fingerprint density at radius 2 is 1.74 bits per heavy atom. The van der Waals surface area contributed by atoms with Gasteiger partial charge in [0.1, 0.15) is 12.4 Å². The van der Waals surface area contributed by atoms with Crippen molar-refractivity contribution in [3.05, 3.63) is 88.1 Å². The smallest absolute Gasteiger partial charge is 0.261 e. The molecule has 138 valence electrons. The van der Waals surface area contributed by atoms with E-state index >= 15 is 0 Å². The van der Waals surface area contributed by atoms with Crippen LogP contribution >= 0.6 is 11.3 Å². The summed E-state index contributed by atoms with van der Waals surface area (Å²) in [5.41, 5.74) is 1.73. The van der Waals surface area contributed by atoms with Gasteiger partial charge < -0.3 is 20.0 Å². The average Bonchev–Trinajstić information content (AvgIpc) is 3.22. The van der Waals surface area contributed by atoms with Gasteiger partial charge in [0, 0.05) is 12.4 Å². The molecule has 0 aliphatic rings. The summed E-state index contributed by atoms with van der Waals surface area (Å²) in [6.45, 7) is 0.442. The maximum atomic E-state index is 12.3. The number of hydrogen-bond donors (Lipinski definition) is 1. The summed E-state index contributed by atoms with van der Waals surface area (Å²) in [6, 6.07) is 19.6. The van der Waals surface area contributed by atoms with Crippen LogP contribution in [0.25, 0.3) is 0 Å². The minimum atomic E-state index is -1.23. The van der Waals surface area contributed by atoms with E-state index in [0.717, 1.165) is 5.56 Å². The third-order valence-electron chi connectivity index (χ3n) is 3.95. The zero-order valence-electron chi connectivity index (χ0n) is 14.5. The maximum Gasteiger partial charge on any atom is 0.261 e. The van der Waals surface area contributed by atoms with E-state index in [4.69, 9.17) is 4.74 Å². The molecule has 0 aliphatic heterocycles. The van der Waals surface area contributed by atoms with E-state index in [2.05, 4.69) is 5.32 Å². The summed E-state index contributed by atoms with van der Waals surface area (Å²) < 4.78 is 5.73. The molecule has 0 saturated heterocycles. The number of benzene rings is 2. The lowest BCUT2D eigenvalue weighted by Crippen LogP contribution is -2.33. The van der Waals surface area contributed by atoms with Crippen LogP contribution in [-0.4, -0.2) is 11.9 Å². The van der Waals surface area contributed by atoms with E-state index in [1.807, 2.05) is 30.3 Å². The van der Waals surface area contributed by atoms with Gasteiger partial charge in [-0.15, -0.1) is 11.3 Å². The Morgan fingerprint density at radius 3 is 2.37 bits per heavy atom. The summed E-state index contributed by atoms with van der Waals surface area (Å²) in [4.78, 5) is 23.9. The summed E-state index contributed by atoms with van der Waals surface area (Å²) in [5, 5.41) is 15.6. The monoisotopic (exact) mass is 380 g/mol. The van der Waals surface area contributed by atoms with Gasteiger partial charge in [0.25, 0.3) is 5.91 Å². The van der Waals surface area contributed by atoms with Crippen LogP contribution in [0, 0.1) is 0 Å². The Morgan fingerprint density at radius 1 is 1.00 bits per heavy atom. The normalized spacial score (nSPS) is 11.6. The Bertz CT molecular complexity index is 876. The average molecular weight is 380 g/mol. The van der Waals surface area contributed by atoms with E-state index in [0.29, 0.717) is 22.8 Å². The molecule has 1 N–H and O–H groups in total. The van der Waals surface area contributed by atoms with Crippen LogP contribution in [-0.2, 0) is 11.4 Å². The highest BCUT2D eigenvalue weighted by Crippen LogP contribution is 2.22. The largest absolute Gasteiger partial charge is 0.550 e. The topological polar surface area (TPSA) is 78.5 Å². The van der Waals surface area contributed by atoms with E-state index in [1.54, 1.807) is 41.8 Å². The molecule has 1 atom stereocenters. The van der Waals surface area contributed by atoms with E-state index in [-0.39, 0.29) is 12.3 Å². The van der Waals surface area contributed by atoms with Gasteiger partial charge in [-0.1, -0.05) is 48.5 Å². The first-order valence-corrected chi connectivity index (χ1v) is 9.30. The molecule has 0 aliphatic carbocycles. The molecule has 0 radical (unpaired) electrons. The van der Waals surface area contributed by atoms with Crippen LogP contribution in [0.2, 0.25) is 0 Å². The number of ether oxygens (including phenoxy) is 1. The molecule has 0 spiro atoms. The quantitative estimate of drug-likeness (QED) is 0.652. The lowest BCUT2D eigenvalue weighted by molar-refractivity contribution is -0.306. The van der Waals surface area contributed by atoms with Gasteiger partial charge in [-0.05, 0) is 34.7 Å². The first-order valence-electron chi connectivity index (χ1n) is 8.43.